The van der Waals surface area contributed by atoms with Gasteiger partial charge in [-0.3, -0.25) is 4.79 Å². The molecule has 4 N–H and O–H groups in total. The van der Waals surface area contributed by atoms with Gasteiger partial charge in [-0.05, 0) is 70.5 Å². The Labute approximate surface area is 167 Å². The number of nitrogens with two attached hydrogens (primary N) is 1. The van der Waals surface area contributed by atoms with Crippen LogP contribution >= 0.6 is 0 Å². The van der Waals surface area contributed by atoms with Crippen LogP contribution in [0.5, 0.6) is 5.75 Å². The molecule has 0 aromatic heterocycles. The minimum absolute atomic E-state index is 0.00434. The summed E-state index contributed by atoms with van der Waals surface area (Å²) in [6.45, 7) is 4.63. The Morgan fingerprint density at radius 3 is 2.64 bits per heavy atom. The topological polar surface area (TPSA) is 97.1 Å². The molecular weight excluding hydrogens is 358 g/mol. The van der Waals surface area contributed by atoms with E-state index in [1.54, 1.807) is 0 Å². The van der Waals surface area contributed by atoms with Gasteiger partial charge < -0.3 is 30.5 Å². The third kappa shape index (κ3) is 4.66. The first kappa shape index (κ1) is 21.0. The zero-order chi connectivity index (χ0) is 20.2. The number of hydrogen-bond donors (Lipinski definition) is 3. The van der Waals surface area contributed by atoms with Crippen molar-refractivity contribution in [2.45, 2.75) is 49.9 Å². The van der Waals surface area contributed by atoms with Gasteiger partial charge in [-0.25, -0.2) is 0 Å². The maximum absolute atomic E-state index is 12.8. The van der Waals surface area contributed by atoms with Crippen LogP contribution < -0.4 is 15.8 Å². The molecule has 1 spiro atoms. The molecule has 7 heteroatoms. The molecule has 7 nitrogen and oxygen atoms in total. The molecule has 3 rings (SSSR count). The number of likely N-dealkylation sites (tertiary alicyclic amines) is 1. The molecule has 0 bridgehead atoms. The fourth-order valence-electron chi connectivity index (χ4n) is 4.08. The van der Waals surface area contributed by atoms with E-state index in [4.69, 9.17) is 15.2 Å². The van der Waals surface area contributed by atoms with Gasteiger partial charge >= 0.3 is 0 Å². The summed E-state index contributed by atoms with van der Waals surface area (Å²) in [5.41, 5.74) is 5.02. The molecule has 0 saturated carbocycles. The lowest BCUT2D eigenvalue weighted by Crippen LogP contribution is -2.62. The Bertz CT molecular complexity index is 654. The lowest BCUT2D eigenvalue weighted by atomic mass is 9.77. The SMILES string of the molecule is CN[C@H]1CC2(CCN(C(=O)c3ccc(OCCCN)cc3)CC2)OC[C@]1(C)O. The van der Waals surface area contributed by atoms with E-state index in [0.29, 0.717) is 38.4 Å². The number of amides is 1. The van der Waals surface area contributed by atoms with Crippen LogP contribution in [0.4, 0.5) is 0 Å². The van der Waals surface area contributed by atoms with Gasteiger partial charge in [0.25, 0.3) is 5.91 Å². The smallest absolute Gasteiger partial charge is 0.253 e. The third-order valence-corrected chi connectivity index (χ3v) is 6.03. The van der Waals surface area contributed by atoms with Crippen LogP contribution in [-0.2, 0) is 4.74 Å². The van der Waals surface area contributed by atoms with Gasteiger partial charge in [0, 0.05) is 24.7 Å². The summed E-state index contributed by atoms with van der Waals surface area (Å²) >= 11 is 0. The molecule has 0 unspecified atom stereocenters. The van der Waals surface area contributed by atoms with Crippen LogP contribution in [-0.4, -0.2) is 73.1 Å². The van der Waals surface area contributed by atoms with Crippen molar-refractivity contribution >= 4 is 5.91 Å². The molecule has 2 aliphatic heterocycles. The number of carbonyl (C=O) groups is 1. The highest BCUT2D eigenvalue weighted by Crippen LogP contribution is 2.38. The number of ether oxygens (including phenoxy) is 2. The largest absolute Gasteiger partial charge is 0.494 e. The first-order valence-electron chi connectivity index (χ1n) is 10.1. The second-order valence-corrected chi connectivity index (χ2v) is 8.18. The molecule has 28 heavy (non-hydrogen) atoms. The van der Waals surface area contributed by atoms with Gasteiger partial charge in [0.2, 0.25) is 0 Å². The van der Waals surface area contributed by atoms with Crippen molar-refractivity contribution < 1.29 is 19.4 Å². The van der Waals surface area contributed by atoms with Crippen molar-refractivity contribution in [3.8, 4) is 5.75 Å². The number of nitrogens with zero attached hydrogens (tertiary/aromatic N) is 1. The number of benzene rings is 1. The van der Waals surface area contributed by atoms with Crippen LogP contribution in [0, 0.1) is 0 Å². The molecule has 1 amide bonds. The summed E-state index contributed by atoms with van der Waals surface area (Å²) in [5.74, 6) is 0.791. The number of rotatable bonds is 6. The zero-order valence-corrected chi connectivity index (χ0v) is 16.9. The quantitative estimate of drug-likeness (QED) is 0.630. The standard InChI is InChI=1S/C21H33N3O4/c1-20(26)15-28-21(14-18(20)23-2)8-11-24(12-9-21)19(25)16-4-6-17(7-5-16)27-13-3-10-22/h4-7,18,23,26H,3,8-15,22H2,1-2H3/t18-,20-/m0/s1. The maximum Gasteiger partial charge on any atom is 0.253 e. The Kier molecular flexibility index (Phi) is 6.60. The third-order valence-electron chi connectivity index (χ3n) is 6.03. The Hall–Kier alpha value is -1.67. The van der Waals surface area contributed by atoms with E-state index in [0.717, 1.165) is 31.4 Å². The minimum atomic E-state index is -0.860. The number of aliphatic hydroxyl groups is 1. The molecule has 2 heterocycles. The van der Waals surface area contributed by atoms with Gasteiger partial charge in [0.05, 0.1) is 18.8 Å². The molecular formula is C21H33N3O4. The molecule has 2 saturated heterocycles. The summed E-state index contributed by atoms with van der Waals surface area (Å²) in [6, 6.07) is 7.29. The van der Waals surface area contributed by atoms with E-state index >= 15 is 0 Å². The van der Waals surface area contributed by atoms with Gasteiger partial charge in [0.15, 0.2) is 0 Å². The highest BCUT2D eigenvalue weighted by atomic mass is 16.5. The average molecular weight is 392 g/mol. The van der Waals surface area contributed by atoms with Crippen LogP contribution in [0.3, 0.4) is 0 Å². The summed E-state index contributed by atoms with van der Waals surface area (Å²) in [6.07, 6.45) is 3.13. The summed E-state index contributed by atoms with van der Waals surface area (Å²) < 4.78 is 11.7. The number of nitrogens with one attached hydrogen (secondary N) is 1. The van der Waals surface area contributed by atoms with Crippen molar-refractivity contribution in [2.24, 2.45) is 5.73 Å². The van der Waals surface area contributed by atoms with Crippen LogP contribution in [0.25, 0.3) is 0 Å². The van der Waals surface area contributed by atoms with E-state index < -0.39 is 5.60 Å². The normalized spacial score (nSPS) is 27.0. The first-order chi connectivity index (χ1) is 13.4. The Balaban J connectivity index is 1.55. The monoisotopic (exact) mass is 391 g/mol. The number of carbonyl (C=O) groups excluding carboxylic acids is 1. The molecule has 2 atom stereocenters. The molecule has 0 aliphatic carbocycles. The van der Waals surface area contributed by atoms with Crippen LogP contribution in [0.2, 0.25) is 0 Å². The Morgan fingerprint density at radius 2 is 2.04 bits per heavy atom. The lowest BCUT2D eigenvalue weighted by Gasteiger charge is -2.50. The average Bonchev–Trinajstić information content (AvgIpc) is 2.71. The fraction of sp³-hybridized carbons (Fsp3) is 0.667. The highest BCUT2D eigenvalue weighted by molar-refractivity contribution is 5.94. The van der Waals surface area contributed by atoms with Gasteiger partial charge in [-0.15, -0.1) is 0 Å². The second-order valence-electron chi connectivity index (χ2n) is 8.18. The lowest BCUT2D eigenvalue weighted by molar-refractivity contribution is -0.189. The predicted molar refractivity (Wildman–Crippen MR) is 108 cm³/mol. The highest BCUT2D eigenvalue weighted by Gasteiger charge is 2.48. The van der Waals surface area contributed by atoms with Crippen molar-refractivity contribution in [1.29, 1.82) is 0 Å². The van der Waals surface area contributed by atoms with Crippen LogP contribution in [0.1, 0.15) is 43.0 Å². The molecule has 2 aliphatic rings. The van der Waals surface area contributed by atoms with Gasteiger partial charge in [-0.2, -0.15) is 0 Å². The number of likely N-dealkylation sites (N-methyl/N-ethyl adjacent to an activating group) is 1. The summed E-state index contributed by atoms with van der Waals surface area (Å²) in [5, 5.41) is 13.7. The first-order valence-corrected chi connectivity index (χ1v) is 10.1. The Morgan fingerprint density at radius 1 is 1.36 bits per heavy atom. The zero-order valence-electron chi connectivity index (χ0n) is 16.9. The molecule has 156 valence electrons. The summed E-state index contributed by atoms with van der Waals surface area (Å²) in [4.78, 5) is 14.7. The molecule has 2 fully saturated rings. The molecule has 1 aromatic rings. The second kappa shape index (κ2) is 8.78. The van der Waals surface area contributed by atoms with Crippen molar-refractivity contribution in [1.82, 2.24) is 10.2 Å². The van der Waals surface area contributed by atoms with Crippen molar-refractivity contribution in [3.63, 3.8) is 0 Å². The van der Waals surface area contributed by atoms with E-state index in [1.165, 1.54) is 0 Å². The summed E-state index contributed by atoms with van der Waals surface area (Å²) in [7, 11) is 1.88. The van der Waals surface area contributed by atoms with E-state index in [-0.39, 0.29) is 17.6 Å². The molecule has 0 radical (unpaired) electrons. The van der Waals surface area contributed by atoms with Gasteiger partial charge in [-0.1, -0.05) is 0 Å². The minimum Gasteiger partial charge on any atom is -0.494 e. The van der Waals surface area contributed by atoms with Crippen LogP contribution in [0.15, 0.2) is 24.3 Å². The van der Waals surface area contributed by atoms with Crippen molar-refractivity contribution in [3.05, 3.63) is 29.8 Å². The maximum atomic E-state index is 12.8. The van der Waals surface area contributed by atoms with Crippen molar-refractivity contribution in [2.75, 3.05) is 39.9 Å². The number of piperidine rings is 1. The van der Waals surface area contributed by atoms with Gasteiger partial charge in [0.1, 0.15) is 11.4 Å². The van der Waals surface area contributed by atoms with E-state index in [1.807, 2.05) is 43.1 Å². The van der Waals surface area contributed by atoms with E-state index in [9.17, 15) is 9.90 Å². The molecule has 1 aromatic carbocycles. The number of hydrogen-bond acceptors (Lipinski definition) is 6. The predicted octanol–water partition coefficient (Wildman–Crippen LogP) is 1.15. The fourth-order valence-corrected chi connectivity index (χ4v) is 4.08. The van der Waals surface area contributed by atoms with E-state index in [2.05, 4.69) is 5.32 Å².